The fourth-order valence-corrected chi connectivity index (χ4v) is 4.24. The summed E-state index contributed by atoms with van der Waals surface area (Å²) in [7, 11) is 0. The Balaban J connectivity index is 1.52. The number of nitrogens with zero attached hydrogens (tertiary/aromatic N) is 1. The molecule has 1 aliphatic heterocycles. The van der Waals surface area contributed by atoms with Crippen molar-refractivity contribution < 1.29 is 4.79 Å². The number of aliphatic imine (C=N–C) groups is 1. The van der Waals surface area contributed by atoms with Gasteiger partial charge >= 0.3 is 0 Å². The van der Waals surface area contributed by atoms with Crippen molar-refractivity contribution in [2.75, 3.05) is 0 Å². The summed E-state index contributed by atoms with van der Waals surface area (Å²) in [5.41, 5.74) is 1.88. The van der Waals surface area contributed by atoms with Gasteiger partial charge in [-0.2, -0.15) is 0 Å². The van der Waals surface area contributed by atoms with Crippen LogP contribution in [-0.4, -0.2) is 11.1 Å². The monoisotopic (exact) mass is 380 g/mol. The van der Waals surface area contributed by atoms with Gasteiger partial charge in [0.05, 0.1) is 10.6 Å². The molecular formula is C24H16N2OS. The first-order valence-electron chi connectivity index (χ1n) is 9.03. The number of nitrogens with one attached hydrogen (secondary N) is 1. The van der Waals surface area contributed by atoms with E-state index < -0.39 is 0 Å². The van der Waals surface area contributed by atoms with Gasteiger partial charge in [0, 0.05) is 5.39 Å². The summed E-state index contributed by atoms with van der Waals surface area (Å²) in [5.74, 6) is -0.114. The first-order valence-corrected chi connectivity index (χ1v) is 9.85. The maximum absolute atomic E-state index is 12.5. The number of hydrogen-bond donors (Lipinski definition) is 1. The predicted molar refractivity (Wildman–Crippen MR) is 119 cm³/mol. The first-order chi connectivity index (χ1) is 13.8. The molecule has 0 saturated carbocycles. The lowest BCUT2D eigenvalue weighted by Crippen LogP contribution is -2.19. The quantitative estimate of drug-likeness (QED) is 0.441. The predicted octanol–water partition coefficient (Wildman–Crippen LogP) is 5.88. The third kappa shape index (κ3) is 3.08. The van der Waals surface area contributed by atoms with Crippen molar-refractivity contribution in [1.29, 1.82) is 0 Å². The lowest BCUT2D eigenvalue weighted by Gasteiger charge is -2.02. The number of carbonyl (C=O) groups is 1. The summed E-state index contributed by atoms with van der Waals surface area (Å²) in [4.78, 5) is 17.8. The molecule has 28 heavy (non-hydrogen) atoms. The molecule has 0 aromatic heterocycles. The molecule has 5 rings (SSSR count). The smallest absolute Gasteiger partial charge is 0.264 e. The van der Waals surface area contributed by atoms with E-state index in [0.29, 0.717) is 10.1 Å². The zero-order chi connectivity index (χ0) is 18.9. The second-order valence-electron chi connectivity index (χ2n) is 6.55. The summed E-state index contributed by atoms with van der Waals surface area (Å²) < 4.78 is 0. The molecule has 4 heteroatoms. The normalized spacial score (nSPS) is 16.9. The topological polar surface area (TPSA) is 41.5 Å². The minimum absolute atomic E-state index is 0.114. The van der Waals surface area contributed by atoms with E-state index in [2.05, 4.69) is 35.6 Å². The Morgan fingerprint density at radius 2 is 1.39 bits per heavy atom. The Morgan fingerprint density at radius 3 is 2.21 bits per heavy atom. The number of amidine groups is 1. The highest BCUT2D eigenvalue weighted by Crippen LogP contribution is 2.32. The lowest BCUT2D eigenvalue weighted by atomic mass is 10.0. The SMILES string of the molecule is O=C1NC(=Nc2cccc3ccccc23)S/C1=C\c1cccc2ccccc12. The minimum Gasteiger partial charge on any atom is -0.300 e. The van der Waals surface area contributed by atoms with Gasteiger partial charge in [-0.3, -0.25) is 4.79 Å². The maximum atomic E-state index is 12.5. The molecule has 3 nitrogen and oxygen atoms in total. The Bertz CT molecular complexity index is 1280. The molecule has 1 N–H and O–H groups in total. The van der Waals surface area contributed by atoms with Crippen molar-refractivity contribution >= 4 is 56.1 Å². The lowest BCUT2D eigenvalue weighted by molar-refractivity contribution is -0.115. The molecule has 4 aromatic carbocycles. The molecule has 1 fully saturated rings. The van der Waals surface area contributed by atoms with Crippen molar-refractivity contribution in [1.82, 2.24) is 5.32 Å². The molecule has 0 bridgehead atoms. The van der Waals surface area contributed by atoms with Crippen LogP contribution in [0.15, 0.2) is 94.8 Å². The number of amides is 1. The van der Waals surface area contributed by atoms with E-state index >= 15 is 0 Å². The number of carbonyl (C=O) groups excluding carboxylic acids is 1. The summed E-state index contributed by atoms with van der Waals surface area (Å²) in [6.45, 7) is 0. The molecule has 0 aliphatic carbocycles. The number of rotatable bonds is 2. The molecule has 1 saturated heterocycles. The minimum atomic E-state index is -0.114. The van der Waals surface area contributed by atoms with Crippen LogP contribution in [0.4, 0.5) is 5.69 Å². The van der Waals surface area contributed by atoms with Gasteiger partial charge < -0.3 is 5.32 Å². The van der Waals surface area contributed by atoms with Crippen LogP contribution in [0.3, 0.4) is 0 Å². The van der Waals surface area contributed by atoms with Gasteiger partial charge in [0.2, 0.25) is 0 Å². The zero-order valence-electron chi connectivity index (χ0n) is 14.9. The van der Waals surface area contributed by atoms with E-state index in [1.165, 1.54) is 11.8 Å². The van der Waals surface area contributed by atoms with Crippen LogP contribution in [0.25, 0.3) is 27.6 Å². The summed E-state index contributed by atoms with van der Waals surface area (Å²) >= 11 is 1.38. The number of benzene rings is 4. The van der Waals surface area contributed by atoms with E-state index in [4.69, 9.17) is 4.99 Å². The second kappa shape index (κ2) is 6.98. The first kappa shape index (κ1) is 16.8. The fourth-order valence-electron chi connectivity index (χ4n) is 3.41. The highest BCUT2D eigenvalue weighted by Gasteiger charge is 2.24. The molecule has 0 spiro atoms. The summed E-state index contributed by atoms with van der Waals surface area (Å²) in [6, 6.07) is 28.4. The average molecular weight is 380 g/mol. The van der Waals surface area contributed by atoms with Crippen LogP contribution in [0.5, 0.6) is 0 Å². The number of thioether (sulfide) groups is 1. The van der Waals surface area contributed by atoms with Crippen LogP contribution >= 0.6 is 11.8 Å². The number of fused-ring (bicyclic) bond motifs is 2. The largest absolute Gasteiger partial charge is 0.300 e. The van der Waals surface area contributed by atoms with E-state index in [-0.39, 0.29) is 5.91 Å². The molecule has 134 valence electrons. The fraction of sp³-hybridized carbons (Fsp3) is 0. The molecule has 0 radical (unpaired) electrons. The van der Waals surface area contributed by atoms with E-state index in [0.717, 1.165) is 32.8 Å². The third-order valence-electron chi connectivity index (χ3n) is 4.75. The highest BCUT2D eigenvalue weighted by molar-refractivity contribution is 8.18. The molecule has 0 unspecified atom stereocenters. The molecule has 0 atom stereocenters. The standard InChI is InChI=1S/C24H16N2OS/c27-23-22(15-18-11-5-9-16-7-1-3-12-19(16)18)28-24(26-23)25-21-14-6-10-17-8-2-4-13-20(17)21/h1-15H,(H,25,26,27)/b22-15-. The van der Waals surface area contributed by atoms with Gasteiger partial charge in [-0.15, -0.1) is 0 Å². The second-order valence-corrected chi connectivity index (χ2v) is 7.58. The van der Waals surface area contributed by atoms with Crippen LogP contribution < -0.4 is 5.32 Å². The highest BCUT2D eigenvalue weighted by atomic mass is 32.2. The Labute approximate surface area is 166 Å². The van der Waals surface area contributed by atoms with Crippen molar-refractivity contribution in [3.8, 4) is 0 Å². The maximum Gasteiger partial charge on any atom is 0.264 e. The van der Waals surface area contributed by atoms with Gasteiger partial charge in [0.25, 0.3) is 5.91 Å². The Kier molecular flexibility index (Phi) is 4.18. The Hall–Kier alpha value is -3.37. The molecule has 1 amide bonds. The van der Waals surface area contributed by atoms with Crippen LogP contribution in [-0.2, 0) is 4.79 Å². The number of hydrogen-bond acceptors (Lipinski definition) is 3. The van der Waals surface area contributed by atoms with E-state index in [1.54, 1.807) is 0 Å². The van der Waals surface area contributed by atoms with E-state index in [1.807, 2.05) is 60.7 Å². The third-order valence-corrected chi connectivity index (χ3v) is 5.66. The molecule has 4 aromatic rings. The molecule has 1 aliphatic rings. The Morgan fingerprint density at radius 1 is 0.750 bits per heavy atom. The van der Waals surface area contributed by atoms with Crippen molar-refractivity contribution in [3.05, 3.63) is 95.4 Å². The van der Waals surface area contributed by atoms with Crippen LogP contribution in [0.1, 0.15) is 5.56 Å². The van der Waals surface area contributed by atoms with Gasteiger partial charge in [0.15, 0.2) is 5.17 Å². The van der Waals surface area contributed by atoms with Crippen LogP contribution in [0, 0.1) is 0 Å². The van der Waals surface area contributed by atoms with Crippen LogP contribution in [0.2, 0.25) is 0 Å². The van der Waals surface area contributed by atoms with E-state index in [9.17, 15) is 4.79 Å². The zero-order valence-corrected chi connectivity index (χ0v) is 15.7. The average Bonchev–Trinajstić information content (AvgIpc) is 3.07. The van der Waals surface area contributed by atoms with Gasteiger partial charge in [-0.25, -0.2) is 4.99 Å². The van der Waals surface area contributed by atoms with Gasteiger partial charge in [-0.1, -0.05) is 78.9 Å². The van der Waals surface area contributed by atoms with Crippen molar-refractivity contribution in [2.24, 2.45) is 4.99 Å². The van der Waals surface area contributed by atoms with Crippen molar-refractivity contribution in [2.45, 2.75) is 0 Å². The summed E-state index contributed by atoms with van der Waals surface area (Å²) in [6.07, 6.45) is 1.94. The molecular weight excluding hydrogens is 364 g/mol. The molecule has 1 heterocycles. The van der Waals surface area contributed by atoms with Crippen molar-refractivity contribution in [3.63, 3.8) is 0 Å². The van der Waals surface area contributed by atoms with Gasteiger partial charge in [0.1, 0.15) is 0 Å². The van der Waals surface area contributed by atoms with Gasteiger partial charge in [-0.05, 0) is 45.6 Å². The summed E-state index contributed by atoms with van der Waals surface area (Å²) in [5, 5.41) is 7.98.